The van der Waals surface area contributed by atoms with Crippen molar-refractivity contribution in [3.63, 3.8) is 0 Å². The van der Waals surface area contributed by atoms with Gasteiger partial charge in [0, 0.05) is 24.6 Å². The molecule has 2 heterocycles. The Morgan fingerprint density at radius 3 is 2.70 bits per heavy atom. The van der Waals surface area contributed by atoms with E-state index >= 15 is 0 Å². The minimum atomic E-state index is -0.646. The van der Waals surface area contributed by atoms with E-state index in [4.69, 9.17) is 4.52 Å². The lowest BCUT2D eigenvalue weighted by atomic mass is 10.1. The summed E-state index contributed by atoms with van der Waals surface area (Å²) < 4.78 is 32.8. The number of aromatic nitrogens is 2. The number of halogens is 2. The van der Waals surface area contributed by atoms with Gasteiger partial charge in [-0.25, -0.2) is 8.78 Å². The van der Waals surface area contributed by atoms with Crippen molar-refractivity contribution >= 4 is 11.6 Å². The smallest absolute Gasteiger partial charge is 0.232 e. The Balaban J connectivity index is 1.56. The average Bonchev–Trinajstić information content (AvgIpc) is 3.31. The largest absolute Gasteiger partial charge is 0.339 e. The van der Waals surface area contributed by atoms with E-state index in [0.717, 1.165) is 30.2 Å². The number of rotatable bonds is 4. The highest BCUT2D eigenvalue weighted by Gasteiger charge is 2.36. The maximum Gasteiger partial charge on any atom is 0.232 e. The predicted molar refractivity (Wildman–Crippen MR) is 95.2 cm³/mol. The second kappa shape index (κ2) is 6.90. The molecule has 0 N–H and O–H groups in total. The Labute approximate surface area is 154 Å². The van der Waals surface area contributed by atoms with Gasteiger partial charge in [-0.3, -0.25) is 4.79 Å². The predicted octanol–water partition coefficient (Wildman–Crippen LogP) is 4.10. The number of hydrogen-bond acceptors (Lipinski definition) is 4. The molecule has 1 aliphatic heterocycles. The van der Waals surface area contributed by atoms with Gasteiger partial charge in [0.25, 0.3) is 0 Å². The zero-order valence-corrected chi connectivity index (χ0v) is 14.7. The third-order valence-corrected chi connectivity index (χ3v) is 4.74. The topological polar surface area (TPSA) is 59.2 Å². The quantitative estimate of drug-likeness (QED) is 0.695. The summed E-state index contributed by atoms with van der Waals surface area (Å²) >= 11 is 0. The van der Waals surface area contributed by atoms with Crippen LogP contribution in [0, 0.1) is 11.6 Å². The standard InChI is InChI=1S/C20H17F2N3O2/c1-2-12-3-5-13(6-4-12)19-23-20(27-24-19)14-9-18(26)25(11-14)17-10-15(21)7-8-16(17)22/h3-8,10,14H,2,9,11H2,1H3. The first-order valence-corrected chi connectivity index (χ1v) is 8.73. The molecule has 1 saturated heterocycles. The van der Waals surface area contributed by atoms with Gasteiger partial charge in [-0.1, -0.05) is 36.3 Å². The van der Waals surface area contributed by atoms with Crippen LogP contribution in [0.25, 0.3) is 11.4 Å². The van der Waals surface area contributed by atoms with Gasteiger partial charge in [0.2, 0.25) is 17.6 Å². The second-order valence-corrected chi connectivity index (χ2v) is 6.51. The van der Waals surface area contributed by atoms with E-state index in [1.807, 2.05) is 24.3 Å². The molecule has 7 heteroatoms. The van der Waals surface area contributed by atoms with Gasteiger partial charge in [-0.05, 0) is 24.1 Å². The summed E-state index contributed by atoms with van der Waals surface area (Å²) in [5.41, 5.74) is 1.95. The number of aryl methyl sites for hydroxylation is 1. The van der Waals surface area contributed by atoms with Gasteiger partial charge in [0.05, 0.1) is 11.6 Å². The number of benzene rings is 2. The van der Waals surface area contributed by atoms with Gasteiger partial charge >= 0.3 is 0 Å². The molecule has 5 nitrogen and oxygen atoms in total. The van der Waals surface area contributed by atoms with Crippen molar-refractivity contribution in [2.24, 2.45) is 0 Å². The van der Waals surface area contributed by atoms with E-state index in [0.29, 0.717) is 11.7 Å². The Bertz CT molecular complexity index is 985. The fourth-order valence-electron chi connectivity index (χ4n) is 3.21. The van der Waals surface area contributed by atoms with E-state index in [1.165, 1.54) is 10.5 Å². The molecule has 1 aliphatic rings. The first-order valence-electron chi connectivity index (χ1n) is 8.73. The molecule has 2 aromatic carbocycles. The molecule has 0 saturated carbocycles. The van der Waals surface area contributed by atoms with Gasteiger partial charge in [0.15, 0.2) is 0 Å². The summed E-state index contributed by atoms with van der Waals surface area (Å²) in [4.78, 5) is 17.9. The maximum absolute atomic E-state index is 14.0. The fraction of sp³-hybridized carbons (Fsp3) is 0.250. The molecule has 0 bridgehead atoms. The monoisotopic (exact) mass is 369 g/mol. The molecule has 138 valence electrons. The maximum atomic E-state index is 14.0. The molecular weight excluding hydrogens is 352 g/mol. The van der Waals surface area contributed by atoms with Crippen LogP contribution in [-0.2, 0) is 11.2 Å². The molecule has 27 heavy (non-hydrogen) atoms. The van der Waals surface area contributed by atoms with Crippen LogP contribution in [0.15, 0.2) is 47.0 Å². The zero-order valence-electron chi connectivity index (χ0n) is 14.7. The van der Waals surface area contributed by atoms with Crippen molar-refractivity contribution in [3.8, 4) is 11.4 Å². The normalized spacial score (nSPS) is 16.9. The van der Waals surface area contributed by atoms with Crippen LogP contribution >= 0.6 is 0 Å². The summed E-state index contributed by atoms with van der Waals surface area (Å²) in [7, 11) is 0. The molecule has 0 aliphatic carbocycles. The number of carbonyl (C=O) groups is 1. The number of amides is 1. The van der Waals surface area contributed by atoms with Gasteiger partial charge < -0.3 is 9.42 Å². The molecule has 1 amide bonds. The van der Waals surface area contributed by atoms with Crippen molar-refractivity contribution in [3.05, 3.63) is 65.6 Å². The highest BCUT2D eigenvalue weighted by atomic mass is 19.1. The van der Waals surface area contributed by atoms with Crippen LogP contribution < -0.4 is 4.90 Å². The van der Waals surface area contributed by atoms with Crippen molar-refractivity contribution in [1.82, 2.24) is 10.1 Å². The molecule has 1 atom stereocenters. The summed E-state index contributed by atoms with van der Waals surface area (Å²) in [6.07, 6.45) is 1.04. The van der Waals surface area contributed by atoms with E-state index in [9.17, 15) is 13.6 Å². The van der Waals surface area contributed by atoms with Crippen molar-refractivity contribution in [1.29, 1.82) is 0 Å². The molecular formula is C20H17F2N3O2. The van der Waals surface area contributed by atoms with Crippen LogP contribution in [0.1, 0.15) is 30.7 Å². The summed E-state index contributed by atoms with van der Waals surface area (Å²) in [5.74, 6) is -1.16. The van der Waals surface area contributed by atoms with Crippen molar-refractivity contribution < 1.29 is 18.1 Å². The Kier molecular flexibility index (Phi) is 4.43. The summed E-state index contributed by atoms with van der Waals surface area (Å²) in [5, 5.41) is 3.99. The molecule has 4 rings (SSSR count). The van der Waals surface area contributed by atoms with Crippen LogP contribution in [0.4, 0.5) is 14.5 Å². The number of nitrogens with zero attached hydrogens (tertiary/aromatic N) is 3. The van der Waals surface area contributed by atoms with Crippen molar-refractivity contribution in [2.75, 3.05) is 11.4 Å². The second-order valence-electron chi connectivity index (χ2n) is 6.51. The SMILES string of the molecule is CCc1ccc(-c2noc(C3CC(=O)N(c4cc(F)ccc4F)C3)n2)cc1. The van der Waals surface area contributed by atoms with Gasteiger partial charge in [-0.15, -0.1) is 0 Å². The lowest BCUT2D eigenvalue weighted by Gasteiger charge is -2.16. The van der Waals surface area contributed by atoms with Crippen LogP contribution in [0.2, 0.25) is 0 Å². The lowest BCUT2D eigenvalue weighted by molar-refractivity contribution is -0.117. The number of anilines is 1. The number of hydrogen-bond donors (Lipinski definition) is 0. The van der Waals surface area contributed by atoms with Gasteiger partial charge in [-0.2, -0.15) is 4.98 Å². The summed E-state index contributed by atoms with van der Waals surface area (Å²) in [6.45, 7) is 2.24. The van der Waals surface area contributed by atoms with Crippen molar-refractivity contribution in [2.45, 2.75) is 25.7 Å². The first kappa shape index (κ1) is 17.3. The first-order chi connectivity index (χ1) is 13.0. The summed E-state index contributed by atoms with van der Waals surface area (Å²) in [6, 6.07) is 10.9. The molecule has 0 radical (unpaired) electrons. The zero-order chi connectivity index (χ0) is 19.0. The molecule has 1 unspecified atom stereocenters. The average molecular weight is 369 g/mol. The Morgan fingerprint density at radius 2 is 1.96 bits per heavy atom. The highest BCUT2D eigenvalue weighted by Crippen LogP contribution is 2.33. The molecule has 1 fully saturated rings. The van der Waals surface area contributed by atoms with Crippen LogP contribution in [0.3, 0.4) is 0 Å². The molecule has 3 aromatic rings. The third-order valence-electron chi connectivity index (χ3n) is 4.74. The van der Waals surface area contributed by atoms with E-state index in [2.05, 4.69) is 17.1 Å². The fourth-order valence-corrected chi connectivity index (χ4v) is 3.21. The molecule has 1 aromatic heterocycles. The van der Waals surface area contributed by atoms with Crippen LogP contribution in [0.5, 0.6) is 0 Å². The minimum Gasteiger partial charge on any atom is -0.339 e. The number of carbonyl (C=O) groups excluding carboxylic acids is 1. The Morgan fingerprint density at radius 1 is 1.19 bits per heavy atom. The van der Waals surface area contributed by atoms with Crippen LogP contribution in [-0.4, -0.2) is 22.6 Å². The highest BCUT2D eigenvalue weighted by molar-refractivity contribution is 5.96. The van der Waals surface area contributed by atoms with E-state index in [1.54, 1.807) is 0 Å². The Hall–Kier alpha value is -3.09. The molecule has 0 spiro atoms. The van der Waals surface area contributed by atoms with E-state index in [-0.39, 0.29) is 30.5 Å². The lowest BCUT2D eigenvalue weighted by Crippen LogP contribution is -2.25. The van der Waals surface area contributed by atoms with E-state index < -0.39 is 11.6 Å². The third kappa shape index (κ3) is 3.32. The minimum absolute atomic E-state index is 0.0719. The van der Waals surface area contributed by atoms with Gasteiger partial charge in [0.1, 0.15) is 11.6 Å².